The molecule has 0 aliphatic rings. The number of benzene rings is 2. The molecule has 0 fully saturated rings. The van der Waals surface area contributed by atoms with Crippen LogP contribution in [0.25, 0.3) is 0 Å². The molecule has 0 heterocycles. The van der Waals surface area contributed by atoms with Crippen LogP contribution in [0.15, 0.2) is 46.9 Å². The first kappa shape index (κ1) is 16.3. The number of nitrogens with two attached hydrogens (primary N) is 1. The van der Waals surface area contributed by atoms with Gasteiger partial charge in [0.1, 0.15) is 0 Å². The molecule has 1 nitrogen and oxygen atoms in total. The Morgan fingerprint density at radius 2 is 1.67 bits per heavy atom. The van der Waals surface area contributed by atoms with E-state index in [9.17, 15) is 0 Å². The van der Waals surface area contributed by atoms with Gasteiger partial charge < -0.3 is 5.73 Å². The lowest BCUT2D eigenvalue weighted by molar-refractivity contribution is 0.506. The van der Waals surface area contributed by atoms with Crippen LogP contribution in [-0.4, -0.2) is 0 Å². The maximum absolute atomic E-state index is 6.42. The molecule has 2 rings (SSSR count). The molecule has 0 saturated carbocycles. The van der Waals surface area contributed by atoms with Gasteiger partial charge in [0.05, 0.1) is 6.04 Å². The SMILES string of the molecule is CCC(C)(C)c1ccc(C(N)c2cc(C)cc(Br)c2)cc1. The zero-order valence-corrected chi connectivity index (χ0v) is 14.9. The maximum Gasteiger partial charge on any atom is 0.0552 e. The van der Waals surface area contributed by atoms with Crippen molar-refractivity contribution in [2.75, 3.05) is 0 Å². The van der Waals surface area contributed by atoms with Crippen molar-refractivity contribution in [3.05, 3.63) is 69.2 Å². The Morgan fingerprint density at radius 1 is 1.05 bits per heavy atom. The first-order valence-corrected chi connectivity index (χ1v) is 8.26. The highest BCUT2D eigenvalue weighted by Gasteiger charge is 2.18. The van der Waals surface area contributed by atoms with Crippen molar-refractivity contribution < 1.29 is 0 Å². The van der Waals surface area contributed by atoms with Crippen molar-refractivity contribution >= 4 is 15.9 Å². The van der Waals surface area contributed by atoms with Gasteiger partial charge in [-0.05, 0) is 53.1 Å². The molecule has 1 atom stereocenters. The van der Waals surface area contributed by atoms with Gasteiger partial charge in [-0.25, -0.2) is 0 Å². The monoisotopic (exact) mass is 345 g/mol. The minimum atomic E-state index is -0.0833. The van der Waals surface area contributed by atoms with Gasteiger partial charge in [-0.15, -0.1) is 0 Å². The summed E-state index contributed by atoms with van der Waals surface area (Å²) in [6.45, 7) is 8.87. The molecule has 2 aromatic rings. The van der Waals surface area contributed by atoms with Gasteiger partial charge in [0.25, 0.3) is 0 Å². The largest absolute Gasteiger partial charge is 0.320 e. The van der Waals surface area contributed by atoms with E-state index in [0.717, 1.165) is 22.0 Å². The Balaban J connectivity index is 2.30. The summed E-state index contributed by atoms with van der Waals surface area (Å²) < 4.78 is 1.08. The molecule has 0 radical (unpaired) electrons. The van der Waals surface area contributed by atoms with E-state index < -0.39 is 0 Å². The summed E-state index contributed by atoms with van der Waals surface area (Å²) in [7, 11) is 0. The van der Waals surface area contributed by atoms with E-state index >= 15 is 0 Å². The third kappa shape index (κ3) is 3.75. The summed E-state index contributed by atoms with van der Waals surface area (Å²) in [5, 5.41) is 0. The number of aryl methyl sites for hydroxylation is 1. The van der Waals surface area contributed by atoms with Crippen LogP contribution in [0.1, 0.15) is 55.5 Å². The zero-order valence-electron chi connectivity index (χ0n) is 13.3. The average molecular weight is 346 g/mol. The van der Waals surface area contributed by atoms with Crippen LogP contribution in [0.4, 0.5) is 0 Å². The van der Waals surface area contributed by atoms with E-state index in [1.807, 2.05) is 0 Å². The van der Waals surface area contributed by atoms with Crippen molar-refractivity contribution in [2.45, 2.75) is 45.6 Å². The second kappa shape index (κ2) is 6.33. The molecule has 0 bridgehead atoms. The molecule has 21 heavy (non-hydrogen) atoms. The second-order valence-electron chi connectivity index (χ2n) is 6.40. The van der Waals surface area contributed by atoms with Crippen LogP contribution in [-0.2, 0) is 5.41 Å². The van der Waals surface area contributed by atoms with Crippen molar-refractivity contribution in [1.29, 1.82) is 0 Å². The normalized spacial score (nSPS) is 13.2. The van der Waals surface area contributed by atoms with Crippen LogP contribution in [0.2, 0.25) is 0 Å². The molecule has 0 saturated heterocycles. The molecule has 0 aliphatic heterocycles. The smallest absolute Gasteiger partial charge is 0.0552 e. The van der Waals surface area contributed by atoms with Gasteiger partial charge in [-0.3, -0.25) is 0 Å². The average Bonchev–Trinajstić information content (AvgIpc) is 2.45. The third-order valence-electron chi connectivity index (χ3n) is 4.36. The Labute approximate surface area is 136 Å². The first-order chi connectivity index (χ1) is 9.83. The van der Waals surface area contributed by atoms with Gasteiger partial charge in [0, 0.05) is 4.47 Å². The minimum Gasteiger partial charge on any atom is -0.320 e. The van der Waals surface area contributed by atoms with E-state index in [-0.39, 0.29) is 11.5 Å². The van der Waals surface area contributed by atoms with Crippen molar-refractivity contribution in [1.82, 2.24) is 0 Å². The second-order valence-corrected chi connectivity index (χ2v) is 7.31. The summed E-state index contributed by atoms with van der Waals surface area (Å²) >= 11 is 3.55. The molecule has 1 unspecified atom stereocenters. The standard InChI is InChI=1S/C19H24BrN/c1-5-19(3,4)16-8-6-14(7-9-16)18(21)15-10-13(2)11-17(20)12-15/h6-12,18H,5,21H2,1-4H3. The number of hydrogen-bond donors (Lipinski definition) is 1. The Hall–Kier alpha value is -1.12. The van der Waals surface area contributed by atoms with Gasteiger partial charge in [-0.1, -0.05) is 67.0 Å². The fourth-order valence-electron chi connectivity index (χ4n) is 2.48. The molecule has 2 heteroatoms. The number of hydrogen-bond acceptors (Lipinski definition) is 1. The molecule has 0 amide bonds. The fraction of sp³-hybridized carbons (Fsp3) is 0.368. The lowest BCUT2D eigenvalue weighted by Gasteiger charge is -2.24. The number of rotatable bonds is 4. The van der Waals surface area contributed by atoms with Gasteiger partial charge in [0.2, 0.25) is 0 Å². The quantitative estimate of drug-likeness (QED) is 0.778. The van der Waals surface area contributed by atoms with Crippen LogP contribution in [0.3, 0.4) is 0 Å². The number of halogens is 1. The molecular formula is C19H24BrN. The van der Waals surface area contributed by atoms with Crippen LogP contribution in [0.5, 0.6) is 0 Å². The predicted octanol–water partition coefficient (Wildman–Crippen LogP) is 5.49. The van der Waals surface area contributed by atoms with E-state index in [1.54, 1.807) is 0 Å². The van der Waals surface area contributed by atoms with Gasteiger partial charge in [-0.2, -0.15) is 0 Å². The molecule has 112 valence electrons. The summed E-state index contributed by atoms with van der Waals surface area (Å²) in [6, 6.07) is 15.0. The van der Waals surface area contributed by atoms with Crippen molar-refractivity contribution in [3.63, 3.8) is 0 Å². The molecule has 0 aliphatic carbocycles. The molecule has 2 N–H and O–H groups in total. The first-order valence-electron chi connectivity index (χ1n) is 7.46. The van der Waals surface area contributed by atoms with Crippen LogP contribution >= 0.6 is 15.9 Å². The van der Waals surface area contributed by atoms with Crippen LogP contribution in [0, 0.1) is 6.92 Å². The van der Waals surface area contributed by atoms with Gasteiger partial charge in [0.15, 0.2) is 0 Å². The van der Waals surface area contributed by atoms with E-state index in [0.29, 0.717) is 0 Å². The Morgan fingerprint density at radius 3 is 2.19 bits per heavy atom. The molecule has 0 aromatic heterocycles. The van der Waals surface area contributed by atoms with Crippen molar-refractivity contribution in [3.8, 4) is 0 Å². The fourth-order valence-corrected chi connectivity index (χ4v) is 3.11. The maximum atomic E-state index is 6.42. The molecule has 0 spiro atoms. The topological polar surface area (TPSA) is 26.0 Å². The van der Waals surface area contributed by atoms with Gasteiger partial charge >= 0.3 is 0 Å². The van der Waals surface area contributed by atoms with E-state index in [2.05, 4.69) is 86.1 Å². The third-order valence-corrected chi connectivity index (χ3v) is 4.82. The molecular weight excluding hydrogens is 322 g/mol. The Bertz CT molecular complexity index is 594. The minimum absolute atomic E-state index is 0.0833. The summed E-state index contributed by atoms with van der Waals surface area (Å²) in [6.07, 6.45) is 1.13. The highest BCUT2D eigenvalue weighted by molar-refractivity contribution is 9.10. The summed E-state index contributed by atoms with van der Waals surface area (Å²) in [4.78, 5) is 0. The lowest BCUT2D eigenvalue weighted by atomic mass is 9.81. The highest BCUT2D eigenvalue weighted by Crippen LogP contribution is 2.29. The van der Waals surface area contributed by atoms with E-state index in [1.165, 1.54) is 11.1 Å². The highest BCUT2D eigenvalue weighted by atomic mass is 79.9. The summed E-state index contributed by atoms with van der Waals surface area (Å²) in [5.41, 5.74) is 11.5. The van der Waals surface area contributed by atoms with Crippen LogP contribution < -0.4 is 5.73 Å². The predicted molar refractivity (Wildman–Crippen MR) is 94.7 cm³/mol. The lowest BCUT2D eigenvalue weighted by Crippen LogP contribution is -2.16. The summed E-state index contributed by atoms with van der Waals surface area (Å²) in [5.74, 6) is 0. The Kier molecular flexibility index (Phi) is 4.90. The van der Waals surface area contributed by atoms with Crippen molar-refractivity contribution in [2.24, 2.45) is 5.73 Å². The zero-order chi connectivity index (χ0) is 15.6. The molecule has 2 aromatic carbocycles. The van der Waals surface area contributed by atoms with E-state index in [4.69, 9.17) is 5.73 Å².